The summed E-state index contributed by atoms with van der Waals surface area (Å²) < 4.78 is 5.59. The SMILES string of the molecule is CC(C)CNCc1ccc(OCCC(C)(C)C)nn1. The van der Waals surface area contributed by atoms with Gasteiger partial charge < -0.3 is 10.1 Å². The van der Waals surface area contributed by atoms with E-state index in [2.05, 4.69) is 50.1 Å². The minimum atomic E-state index is 0.286. The average Bonchev–Trinajstić information content (AvgIpc) is 2.29. The largest absolute Gasteiger partial charge is 0.477 e. The standard InChI is InChI=1S/C15H27N3O/c1-12(2)10-16-11-13-6-7-14(18-17-13)19-9-8-15(3,4)5/h6-7,12,16H,8-11H2,1-5H3. The van der Waals surface area contributed by atoms with Crippen molar-refractivity contribution in [2.75, 3.05) is 13.2 Å². The Bertz CT molecular complexity index is 355. The van der Waals surface area contributed by atoms with Crippen molar-refractivity contribution in [1.82, 2.24) is 15.5 Å². The lowest BCUT2D eigenvalue weighted by atomic mass is 9.93. The highest BCUT2D eigenvalue weighted by molar-refractivity contribution is 5.11. The number of hydrogen-bond donors (Lipinski definition) is 1. The van der Waals surface area contributed by atoms with Crippen molar-refractivity contribution in [3.63, 3.8) is 0 Å². The van der Waals surface area contributed by atoms with Crippen LogP contribution in [0.5, 0.6) is 5.88 Å². The molecular formula is C15H27N3O. The highest BCUT2D eigenvalue weighted by Gasteiger charge is 2.10. The van der Waals surface area contributed by atoms with Crippen LogP contribution in [0.4, 0.5) is 0 Å². The first kappa shape index (κ1) is 15.9. The molecule has 0 aliphatic rings. The maximum Gasteiger partial charge on any atom is 0.233 e. The minimum Gasteiger partial charge on any atom is -0.477 e. The van der Waals surface area contributed by atoms with Gasteiger partial charge in [0.15, 0.2) is 0 Å². The van der Waals surface area contributed by atoms with E-state index in [9.17, 15) is 0 Å². The Hall–Kier alpha value is -1.16. The van der Waals surface area contributed by atoms with Crippen molar-refractivity contribution in [2.24, 2.45) is 11.3 Å². The van der Waals surface area contributed by atoms with Crippen molar-refractivity contribution >= 4 is 0 Å². The molecule has 1 aromatic heterocycles. The Labute approximate surface area is 117 Å². The van der Waals surface area contributed by atoms with Gasteiger partial charge in [0.1, 0.15) is 0 Å². The van der Waals surface area contributed by atoms with E-state index < -0.39 is 0 Å². The normalized spacial score (nSPS) is 11.9. The lowest BCUT2D eigenvalue weighted by Gasteiger charge is -2.17. The van der Waals surface area contributed by atoms with E-state index in [1.165, 1.54) is 0 Å². The molecule has 0 aliphatic carbocycles. The van der Waals surface area contributed by atoms with E-state index in [1.807, 2.05) is 12.1 Å². The zero-order valence-corrected chi connectivity index (χ0v) is 12.9. The summed E-state index contributed by atoms with van der Waals surface area (Å²) in [7, 11) is 0. The molecule has 0 fully saturated rings. The predicted molar refractivity (Wildman–Crippen MR) is 78.1 cm³/mol. The van der Waals surface area contributed by atoms with Gasteiger partial charge in [-0.3, -0.25) is 0 Å². The maximum atomic E-state index is 5.59. The van der Waals surface area contributed by atoms with Gasteiger partial charge in [-0.15, -0.1) is 5.10 Å². The van der Waals surface area contributed by atoms with Crippen LogP contribution in [0, 0.1) is 11.3 Å². The van der Waals surface area contributed by atoms with E-state index in [-0.39, 0.29) is 5.41 Å². The van der Waals surface area contributed by atoms with Crippen molar-refractivity contribution in [1.29, 1.82) is 0 Å². The van der Waals surface area contributed by atoms with Crippen molar-refractivity contribution < 1.29 is 4.74 Å². The summed E-state index contributed by atoms with van der Waals surface area (Å²) >= 11 is 0. The van der Waals surface area contributed by atoms with Crippen LogP contribution in [-0.4, -0.2) is 23.3 Å². The van der Waals surface area contributed by atoms with Crippen LogP contribution in [0.3, 0.4) is 0 Å². The molecule has 1 rings (SSSR count). The highest BCUT2D eigenvalue weighted by Crippen LogP contribution is 2.18. The summed E-state index contributed by atoms with van der Waals surface area (Å²) in [6.45, 7) is 13.4. The summed E-state index contributed by atoms with van der Waals surface area (Å²) in [5.74, 6) is 1.25. The molecule has 1 heterocycles. The quantitative estimate of drug-likeness (QED) is 0.823. The second kappa shape index (κ2) is 7.43. The third-order valence-corrected chi connectivity index (χ3v) is 2.66. The Morgan fingerprint density at radius 1 is 1.21 bits per heavy atom. The molecule has 0 radical (unpaired) electrons. The van der Waals surface area contributed by atoms with Gasteiger partial charge in [-0.2, -0.15) is 5.10 Å². The lowest BCUT2D eigenvalue weighted by molar-refractivity contribution is 0.234. The smallest absolute Gasteiger partial charge is 0.233 e. The van der Waals surface area contributed by atoms with Gasteiger partial charge in [-0.05, 0) is 30.4 Å². The van der Waals surface area contributed by atoms with Crippen molar-refractivity contribution in [2.45, 2.75) is 47.6 Å². The zero-order valence-electron chi connectivity index (χ0n) is 12.9. The molecule has 0 saturated carbocycles. The van der Waals surface area contributed by atoms with Gasteiger partial charge in [0, 0.05) is 12.6 Å². The first-order valence-corrected chi connectivity index (χ1v) is 7.03. The molecular weight excluding hydrogens is 238 g/mol. The number of rotatable bonds is 7. The molecule has 1 N–H and O–H groups in total. The number of nitrogens with one attached hydrogen (secondary N) is 1. The van der Waals surface area contributed by atoms with E-state index in [0.29, 0.717) is 18.4 Å². The molecule has 4 nitrogen and oxygen atoms in total. The van der Waals surface area contributed by atoms with Gasteiger partial charge in [-0.1, -0.05) is 34.6 Å². The lowest BCUT2D eigenvalue weighted by Crippen LogP contribution is -2.19. The van der Waals surface area contributed by atoms with E-state index >= 15 is 0 Å². The second-order valence-corrected chi connectivity index (χ2v) is 6.55. The molecule has 0 spiro atoms. The third kappa shape index (κ3) is 7.78. The molecule has 0 aromatic carbocycles. The second-order valence-electron chi connectivity index (χ2n) is 6.55. The fourth-order valence-electron chi connectivity index (χ4n) is 1.47. The molecule has 0 amide bonds. The predicted octanol–water partition coefficient (Wildman–Crippen LogP) is 3.04. The molecule has 0 bridgehead atoms. The Morgan fingerprint density at radius 2 is 1.95 bits per heavy atom. The van der Waals surface area contributed by atoms with Crippen LogP contribution >= 0.6 is 0 Å². The maximum absolute atomic E-state index is 5.59. The summed E-state index contributed by atoms with van der Waals surface area (Å²) in [5, 5.41) is 11.6. The number of nitrogens with zero attached hydrogens (tertiary/aromatic N) is 2. The first-order chi connectivity index (χ1) is 8.87. The molecule has 0 aliphatic heterocycles. The molecule has 19 heavy (non-hydrogen) atoms. The molecule has 0 unspecified atom stereocenters. The van der Waals surface area contributed by atoms with Crippen LogP contribution < -0.4 is 10.1 Å². The summed E-state index contributed by atoms with van der Waals surface area (Å²) in [5.41, 5.74) is 1.23. The fraction of sp³-hybridized carbons (Fsp3) is 0.733. The number of hydrogen-bond acceptors (Lipinski definition) is 4. The van der Waals surface area contributed by atoms with Crippen LogP contribution in [0.15, 0.2) is 12.1 Å². The number of ether oxygens (including phenoxy) is 1. The zero-order chi connectivity index (χ0) is 14.3. The van der Waals surface area contributed by atoms with Gasteiger partial charge in [0.2, 0.25) is 5.88 Å². The Kier molecular flexibility index (Phi) is 6.22. The van der Waals surface area contributed by atoms with Crippen LogP contribution in [-0.2, 0) is 6.54 Å². The number of aromatic nitrogens is 2. The Morgan fingerprint density at radius 3 is 2.47 bits per heavy atom. The van der Waals surface area contributed by atoms with E-state index in [1.54, 1.807) is 0 Å². The molecule has 0 saturated heterocycles. The molecule has 108 valence electrons. The fourth-order valence-corrected chi connectivity index (χ4v) is 1.47. The summed E-state index contributed by atoms with van der Waals surface area (Å²) in [6, 6.07) is 3.86. The minimum absolute atomic E-state index is 0.286. The van der Waals surface area contributed by atoms with Gasteiger partial charge in [-0.25, -0.2) is 0 Å². The highest BCUT2D eigenvalue weighted by atomic mass is 16.5. The molecule has 0 atom stereocenters. The van der Waals surface area contributed by atoms with Crippen molar-refractivity contribution in [3.05, 3.63) is 17.8 Å². The third-order valence-electron chi connectivity index (χ3n) is 2.66. The first-order valence-electron chi connectivity index (χ1n) is 7.03. The van der Waals surface area contributed by atoms with Gasteiger partial charge >= 0.3 is 0 Å². The van der Waals surface area contributed by atoms with E-state index in [4.69, 9.17) is 4.74 Å². The summed E-state index contributed by atoms with van der Waals surface area (Å²) in [6.07, 6.45) is 1.01. The van der Waals surface area contributed by atoms with Crippen molar-refractivity contribution in [3.8, 4) is 5.88 Å². The van der Waals surface area contributed by atoms with E-state index in [0.717, 1.165) is 25.2 Å². The van der Waals surface area contributed by atoms with Gasteiger partial charge in [0.25, 0.3) is 0 Å². The molecule has 4 heteroatoms. The monoisotopic (exact) mass is 265 g/mol. The Balaban J connectivity index is 2.31. The summed E-state index contributed by atoms with van der Waals surface area (Å²) in [4.78, 5) is 0. The van der Waals surface area contributed by atoms with Crippen LogP contribution in [0.25, 0.3) is 0 Å². The average molecular weight is 265 g/mol. The van der Waals surface area contributed by atoms with Gasteiger partial charge in [0.05, 0.1) is 12.3 Å². The van der Waals surface area contributed by atoms with Crippen LogP contribution in [0.1, 0.15) is 46.7 Å². The topological polar surface area (TPSA) is 47.0 Å². The molecule has 1 aromatic rings. The van der Waals surface area contributed by atoms with Crippen LogP contribution in [0.2, 0.25) is 0 Å².